The molecule has 1 heterocycles. The summed E-state index contributed by atoms with van der Waals surface area (Å²) in [5.74, 6) is 3.18. The van der Waals surface area contributed by atoms with Gasteiger partial charge >= 0.3 is 12.3 Å². The molecule has 1 aromatic rings. The molecule has 1 aliphatic carbocycles. The molecule has 2 amide bonds. The van der Waals surface area contributed by atoms with Crippen molar-refractivity contribution in [1.29, 1.82) is 0 Å². The SMILES string of the molecule is CCCOC(=O)N1c2ccccc2N(COCC[Si](C)(C)C)C(=O)C1(C#CC1CC1)C(F)(F)F. The number of rotatable bonds is 7. The number of halogens is 3. The van der Waals surface area contributed by atoms with Gasteiger partial charge in [0.1, 0.15) is 6.73 Å². The van der Waals surface area contributed by atoms with Crippen molar-refractivity contribution in [3.63, 3.8) is 0 Å². The van der Waals surface area contributed by atoms with Gasteiger partial charge in [-0.15, -0.1) is 0 Å². The molecule has 0 radical (unpaired) electrons. The summed E-state index contributed by atoms with van der Waals surface area (Å²) >= 11 is 0. The number of carbonyl (C=O) groups is 2. The van der Waals surface area contributed by atoms with E-state index in [1.165, 1.54) is 18.2 Å². The van der Waals surface area contributed by atoms with Crippen LogP contribution in [-0.4, -0.2) is 51.7 Å². The molecule has 0 aromatic heterocycles. The Hall–Kier alpha value is -2.51. The maximum atomic E-state index is 14.8. The molecule has 1 saturated carbocycles. The number of fused-ring (bicyclic) bond motifs is 1. The second kappa shape index (κ2) is 10.00. The smallest absolute Gasteiger partial charge is 0.433 e. The normalized spacial score (nSPS) is 20.5. The first-order chi connectivity index (χ1) is 15.9. The number of hydrogen-bond acceptors (Lipinski definition) is 4. The summed E-state index contributed by atoms with van der Waals surface area (Å²) in [6.45, 7) is 8.04. The van der Waals surface area contributed by atoms with Gasteiger partial charge in [0.05, 0.1) is 18.0 Å². The van der Waals surface area contributed by atoms with Gasteiger partial charge in [0, 0.05) is 20.6 Å². The van der Waals surface area contributed by atoms with Gasteiger partial charge in [-0.1, -0.05) is 50.5 Å². The van der Waals surface area contributed by atoms with E-state index in [9.17, 15) is 22.8 Å². The van der Waals surface area contributed by atoms with Crippen LogP contribution in [0.4, 0.5) is 29.3 Å². The maximum absolute atomic E-state index is 14.8. The Morgan fingerprint density at radius 3 is 2.38 bits per heavy atom. The Balaban J connectivity index is 2.11. The Morgan fingerprint density at radius 2 is 1.82 bits per heavy atom. The van der Waals surface area contributed by atoms with Gasteiger partial charge in [-0.3, -0.25) is 9.69 Å². The minimum absolute atomic E-state index is 0.0841. The lowest BCUT2D eigenvalue weighted by molar-refractivity contribution is -0.178. The van der Waals surface area contributed by atoms with Gasteiger partial charge in [-0.05, 0) is 37.4 Å². The number of amides is 2. The highest BCUT2D eigenvalue weighted by Gasteiger charge is 2.69. The summed E-state index contributed by atoms with van der Waals surface area (Å²) in [6.07, 6.45) is -4.70. The summed E-state index contributed by atoms with van der Waals surface area (Å²) in [7, 11) is -1.45. The van der Waals surface area contributed by atoms with E-state index < -0.39 is 31.8 Å². The molecule has 2 aliphatic rings. The standard InChI is InChI=1S/C24H31F3N2O4Si/c1-5-14-33-22(31)29-20-9-7-6-8-19(20)28(17-32-15-16-34(2,3)4)21(30)23(29,24(25,26)27)13-12-18-10-11-18/h6-9,18H,5,10-11,14-17H2,1-4H3. The Labute approximate surface area is 199 Å². The molecule has 1 aromatic carbocycles. The molecule has 1 unspecified atom stereocenters. The van der Waals surface area contributed by atoms with Crippen LogP contribution in [0.15, 0.2) is 24.3 Å². The maximum Gasteiger partial charge on any atom is 0.433 e. The predicted molar refractivity (Wildman–Crippen MR) is 126 cm³/mol. The minimum atomic E-state index is -5.18. The summed E-state index contributed by atoms with van der Waals surface area (Å²) in [5.41, 5.74) is -3.36. The van der Waals surface area contributed by atoms with Crippen LogP contribution in [0.25, 0.3) is 0 Å². The second-order valence-electron chi connectivity index (χ2n) is 9.77. The molecule has 1 atom stereocenters. The van der Waals surface area contributed by atoms with Crippen LogP contribution in [0.1, 0.15) is 26.2 Å². The summed E-state index contributed by atoms with van der Waals surface area (Å²) < 4.78 is 55.3. The Kier molecular flexibility index (Phi) is 7.68. The van der Waals surface area contributed by atoms with Crippen molar-refractivity contribution in [2.24, 2.45) is 5.92 Å². The molecule has 1 fully saturated rings. The number of anilines is 2. The van der Waals surface area contributed by atoms with Crippen LogP contribution >= 0.6 is 0 Å². The summed E-state index contributed by atoms with van der Waals surface area (Å²) in [4.78, 5) is 28.0. The van der Waals surface area contributed by atoms with Crippen LogP contribution in [0.3, 0.4) is 0 Å². The fraction of sp³-hybridized carbons (Fsp3) is 0.583. The third-order valence-corrected chi connectivity index (χ3v) is 7.28. The van der Waals surface area contributed by atoms with E-state index >= 15 is 0 Å². The van der Waals surface area contributed by atoms with Crippen molar-refractivity contribution in [3.8, 4) is 11.8 Å². The first-order valence-electron chi connectivity index (χ1n) is 11.5. The quantitative estimate of drug-likeness (QED) is 0.288. The molecule has 0 spiro atoms. The molecule has 1 aliphatic heterocycles. The van der Waals surface area contributed by atoms with Crippen molar-refractivity contribution < 1.29 is 32.2 Å². The van der Waals surface area contributed by atoms with Crippen LogP contribution in [-0.2, 0) is 14.3 Å². The molecule has 0 saturated heterocycles. The molecule has 6 nitrogen and oxygen atoms in total. The zero-order chi connectivity index (χ0) is 25.1. The van der Waals surface area contributed by atoms with Crippen LogP contribution in [0, 0.1) is 17.8 Å². The van der Waals surface area contributed by atoms with Gasteiger partial charge in [0.25, 0.3) is 11.4 Å². The number of alkyl halides is 3. The zero-order valence-electron chi connectivity index (χ0n) is 20.0. The van der Waals surface area contributed by atoms with E-state index in [2.05, 4.69) is 31.5 Å². The van der Waals surface area contributed by atoms with Gasteiger partial charge in [0.2, 0.25) is 0 Å². The average Bonchev–Trinajstić information content (AvgIpc) is 3.57. The lowest BCUT2D eigenvalue weighted by Crippen LogP contribution is -2.71. The average molecular weight is 497 g/mol. The Bertz CT molecular complexity index is 979. The second-order valence-corrected chi connectivity index (χ2v) is 15.4. The molecule has 0 bridgehead atoms. The van der Waals surface area contributed by atoms with Gasteiger partial charge in [-0.2, -0.15) is 13.2 Å². The molecule has 3 rings (SSSR count). The molecule has 0 N–H and O–H groups in total. The number of para-hydroxylation sites is 2. The van der Waals surface area contributed by atoms with Crippen LogP contribution < -0.4 is 9.80 Å². The van der Waals surface area contributed by atoms with Gasteiger partial charge in [-0.25, -0.2) is 9.69 Å². The van der Waals surface area contributed by atoms with E-state index in [0.717, 1.165) is 10.9 Å². The number of nitrogens with zero attached hydrogens (tertiary/aromatic N) is 2. The van der Waals surface area contributed by atoms with Crippen molar-refractivity contribution >= 4 is 31.4 Å². The lowest BCUT2D eigenvalue weighted by Gasteiger charge is -2.46. The topological polar surface area (TPSA) is 59.1 Å². The number of benzene rings is 1. The first-order valence-corrected chi connectivity index (χ1v) is 15.2. The van der Waals surface area contributed by atoms with E-state index in [-0.39, 0.29) is 30.6 Å². The highest BCUT2D eigenvalue weighted by Crippen LogP contribution is 2.48. The fourth-order valence-corrected chi connectivity index (χ4v) is 4.23. The molecular weight excluding hydrogens is 465 g/mol. The molecule has 10 heteroatoms. The zero-order valence-corrected chi connectivity index (χ0v) is 21.0. The van der Waals surface area contributed by atoms with E-state index in [1.54, 1.807) is 13.0 Å². The monoisotopic (exact) mass is 496 g/mol. The molecule has 34 heavy (non-hydrogen) atoms. The third-order valence-electron chi connectivity index (χ3n) is 5.58. The largest absolute Gasteiger partial charge is 0.449 e. The predicted octanol–water partition coefficient (Wildman–Crippen LogP) is 5.41. The van der Waals surface area contributed by atoms with Crippen molar-refractivity contribution in [1.82, 2.24) is 0 Å². The summed E-state index contributed by atoms with van der Waals surface area (Å²) in [5, 5.41) is 0. The lowest BCUT2D eigenvalue weighted by atomic mass is 9.90. The highest BCUT2D eigenvalue weighted by atomic mass is 28.3. The fourth-order valence-electron chi connectivity index (χ4n) is 3.48. The van der Waals surface area contributed by atoms with Crippen molar-refractivity contribution in [3.05, 3.63) is 24.3 Å². The minimum Gasteiger partial charge on any atom is -0.449 e. The van der Waals surface area contributed by atoms with E-state index in [1.807, 2.05) is 0 Å². The number of hydrogen-bond donors (Lipinski definition) is 0. The third kappa shape index (κ3) is 5.41. The van der Waals surface area contributed by atoms with E-state index in [4.69, 9.17) is 9.47 Å². The van der Waals surface area contributed by atoms with Gasteiger partial charge < -0.3 is 9.47 Å². The van der Waals surface area contributed by atoms with Crippen LogP contribution in [0.5, 0.6) is 0 Å². The molecular formula is C24H31F3N2O4Si. The Morgan fingerprint density at radius 1 is 1.18 bits per heavy atom. The number of ether oxygens (including phenoxy) is 2. The summed E-state index contributed by atoms with van der Waals surface area (Å²) in [6, 6.07) is 6.74. The van der Waals surface area contributed by atoms with Crippen molar-refractivity contribution in [2.45, 2.75) is 63.6 Å². The highest BCUT2D eigenvalue weighted by molar-refractivity contribution is 6.76. The van der Waals surface area contributed by atoms with Crippen LogP contribution in [0.2, 0.25) is 25.7 Å². The first kappa shape index (κ1) is 26.1. The molecule has 186 valence electrons. The van der Waals surface area contributed by atoms with E-state index in [0.29, 0.717) is 30.8 Å². The van der Waals surface area contributed by atoms with Crippen molar-refractivity contribution in [2.75, 3.05) is 29.7 Å². The van der Waals surface area contributed by atoms with Gasteiger partial charge in [0.15, 0.2) is 0 Å². The number of carbonyl (C=O) groups excluding carboxylic acids is 2.